The third kappa shape index (κ3) is 3.49. The van der Waals surface area contributed by atoms with Gasteiger partial charge in [-0.05, 0) is 31.2 Å². The number of aryl methyl sites for hydroxylation is 1. The first kappa shape index (κ1) is 15.9. The highest BCUT2D eigenvalue weighted by Gasteiger charge is 2.21. The molecule has 1 aromatic carbocycles. The molecule has 1 aliphatic rings. The summed E-state index contributed by atoms with van der Waals surface area (Å²) in [6, 6.07) is 7.70. The van der Waals surface area contributed by atoms with E-state index in [0.717, 1.165) is 0 Å². The monoisotopic (exact) mass is 339 g/mol. The van der Waals surface area contributed by atoms with Crippen molar-refractivity contribution in [2.24, 2.45) is 0 Å². The highest BCUT2D eigenvalue weighted by atomic mass is 32.2. The van der Waals surface area contributed by atoms with E-state index < -0.39 is 16.1 Å². The SMILES string of the molecule is Cc1ccc([C@@H](O)CNS(=O)(=O)c2ccc3c(c2)OCCO3)o1. The fraction of sp³-hybridized carbons (Fsp3) is 0.333. The predicted octanol–water partition coefficient (Wildman–Crippen LogP) is 1.37. The average molecular weight is 339 g/mol. The van der Waals surface area contributed by atoms with E-state index in [1.807, 2.05) is 0 Å². The Bertz CT molecular complexity index is 798. The van der Waals surface area contributed by atoms with E-state index in [-0.39, 0.29) is 11.4 Å². The first-order valence-corrected chi connectivity index (χ1v) is 8.58. The highest BCUT2D eigenvalue weighted by molar-refractivity contribution is 7.89. The zero-order valence-electron chi connectivity index (χ0n) is 12.5. The molecule has 1 atom stereocenters. The smallest absolute Gasteiger partial charge is 0.240 e. The predicted molar refractivity (Wildman–Crippen MR) is 81.0 cm³/mol. The van der Waals surface area contributed by atoms with Crippen LogP contribution in [0, 0.1) is 6.92 Å². The summed E-state index contributed by atoms with van der Waals surface area (Å²) in [5, 5.41) is 9.97. The molecule has 0 unspecified atom stereocenters. The summed E-state index contributed by atoms with van der Waals surface area (Å²) in [7, 11) is -3.78. The normalized spacial score (nSPS) is 15.4. The quantitative estimate of drug-likeness (QED) is 0.854. The molecule has 0 fully saturated rings. The molecule has 0 saturated heterocycles. The maximum absolute atomic E-state index is 12.3. The number of fused-ring (bicyclic) bond motifs is 1. The Labute approximate surface area is 133 Å². The Morgan fingerprint density at radius 2 is 1.91 bits per heavy atom. The Balaban J connectivity index is 1.71. The molecule has 0 saturated carbocycles. The number of furan rings is 1. The summed E-state index contributed by atoms with van der Waals surface area (Å²) in [4.78, 5) is 0.0459. The number of hydrogen-bond acceptors (Lipinski definition) is 6. The van der Waals surface area contributed by atoms with Gasteiger partial charge in [0.2, 0.25) is 10.0 Å². The summed E-state index contributed by atoms with van der Waals surface area (Å²) in [5.41, 5.74) is 0. The lowest BCUT2D eigenvalue weighted by molar-refractivity contribution is 0.152. The van der Waals surface area contributed by atoms with E-state index in [9.17, 15) is 13.5 Å². The molecule has 2 heterocycles. The van der Waals surface area contributed by atoms with E-state index in [1.54, 1.807) is 25.1 Å². The molecule has 23 heavy (non-hydrogen) atoms. The Kier molecular flexibility index (Phi) is 4.29. The van der Waals surface area contributed by atoms with Gasteiger partial charge in [-0.25, -0.2) is 13.1 Å². The van der Waals surface area contributed by atoms with Gasteiger partial charge in [0.1, 0.15) is 30.8 Å². The first-order valence-electron chi connectivity index (χ1n) is 7.09. The van der Waals surface area contributed by atoms with E-state index in [1.165, 1.54) is 12.1 Å². The Morgan fingerprint density at radius 3 is 2.61 bits per heavy atom. The molecule has 2 N–H and O–H groups in total. The summed E-state index contributed by atoms with van der Waals surface area (Å²) >= 11 is 0. The second-order valence-corrected chi connectivity index (χ2v) is 6.89. The number of sulfonamides is 1. The molecule has 8 heteroatoms. The van der Waals surface area contributed by atoms with Gasteiger partial charge in [-0.15, -0.1) is 0 Å². The molecule has 0 aliphatic carbocycles. The molecule has 7 nitrogen and oxygen atoms in total. The average Bonchev–Trinajstić information content (AvgIpc) is 2.99. The van der Waals surface area contributed by atoms with Gasteiger partial charge in [0.05, 0.1) is 4.90 Å². The van der Waals surface area contributed by atoms with Crippen molar-refractivity contribution in [2.75, 3.05) is 19.8 Å². The van der Waals surface area contributed by atoms with E-state index in [2.05, 4.69) is 4.72 Å². The summed E-state index contributed by atoms with van der Waals surface area (Å²) in [5.74, 6) is 1.86. The van der Waals surface area contributed by atoms with Crippen LogP contribution in [0.4, 0.5) is 0 Å². The topological polar surface area (TPSA) is 98.0 Å². The molecule has 3 rings (SSSR count). The van der Waals surface area contributed by atoms with Gasteiger partial charge < -0.3 is 19.0 Å². The third-order valence-electron chi connectivity index (χ3n) is 3.38. The van der Waals surface area contributed by atoms with Gasteiger partial charge >= 0.3 is 0 Å². The fourth-order valence-corrected chi connectivity index (χ4v) is 3.25. The first-order chi connectivity index (χ1) is 11.0. The van der Waals surface area contributed by atoms with Gasteiger partial charge in [0.15, 0.2) is 11.5 Å². The van der Waals surface area contributed by atoms with Crippen LogP contribution in [0.1, 0.15) is 17.6 Å². The van der Waals surface area contributed by atoms with Crippen LogP contribution in [-0.2, 0) is 10.0 Å². The van der Waals surface area contributed by atoms with Crippen LogP contribution in [0.25, 0.3) is 0 Å². The van der Waals surface area contributed by atoms with Crippen molar-refractivity contribution in [1.29, 1.82) is 0 Å². The van der Waals surface area contributed by atoms with Crippen LogP contribution >= 0.6 is 0 Å². The summed E-state index contributed by atoms with van der Waals surface area (Å²) in [6.07, 6.45) is -1.06. The number of ether oxygens (including phenoxy) is 2. The number of rotatable bonds is 5. The second-order valence-electron chi connectivity index (χ2n) is 5.12. The molecule has 1 aromatic heterocycles. The lowest BCUT2D eigenvalue weighted by atomic mass is 10.3. The molecule has 2 aromatic rings. The van der Waals surface area contributed by atoms with Crippen molar-refractivity contribution in [1.82, 2.24) is 4.72 Å². The zero-order chi connectivity index (χ0) is 16.4. The van der Waals surface area contributed by atoms with Gasteiger partial charge in [-0.2, -0.15) is 0 Å². The van der Waals surface area contributed by atoms with E-state index in [4.69, 9.17) is 13.9 Å². The lowest BCUT2D eigenvalue weighted by Crippen LogP contribution is -2.28. The number of benzene rings is 1. The number of hydrogen-bond donors (Lipinski definition) is 2. The number of nitrogens with one attached hydrogen (secondary N) is 1. The maximum atomic E-state index is 12.3. The number of aliphatic hydroxyl groups excluding tert-OH is 1. The van der Waals surface area contributed by atoms with Crippen molar-refractivity contribution in [3.8, 4) is 11.5 Å². The molecular weight excluding hydrogens is 322 g/mol. The zero-order valence-corrected chi connectivity index (χ0v) is 13.3. The standard InChI is InChI=1S/C15H17NO6S/c1-10-2-4-13(22-10)12(17)9-16-23(18,19)11-3-5-14-15(8-11)21-7-6-20-14/h2-5,8,12,16-17H,6-7,9H2,1H3/t12-/m0/s1. The fourth-order valence-electron chi connectivity index (χ4n) is 2.20. The lowest BCUT2D eigenvalue weighted by Gasteiger charge is -2.19. The largest absolute Gasteiger partial charge is 0.486 e. The summed E-state index contributed by atoms with van der Waals surface area (Å²) in [6.45, 7) is 2.37. The molecule has 0 bridgehead atoms. The minimum atomic E-state index is -3.78. The molecular formula is C15H17NO6S. The van der Waals surface area contributed by atoms with Crippen LogP contribution in [0.2, 0.25) is 0 Å². The van der Waals surface area contributed by atoms with Crippen LogP contribution < -0.4 is 14.2 Å². The van der Waals surface area contributed by atoms with Crippen LogP contribution in [0.5, 0.6) is 11.5 Å². The second kappa shape index (κ2) is 6.23. The van der Waals surface area contributed by atoms with Crippen molar-refractivity contribution >= 4 is 10.0 Å². The van der Waals surface area contributed by atoms with E-state index in [0.29, 0.717) is 36.2 Å². The minimum Gasteiger partial charge on any atom is -0.486 e. The maximum Gasteiger partial charge on any atom is 0.240 e. The molecule has 124 valence electrons. The molecule has 0 radical (unpaired) electrons. The van der Waals surface area contributed by atoms with Crippen molar-refractivity contribution in [2.45, 2.75) is 17.9 Å². The van der Waals surface area contributed by atoms with Gasteiger partial charge in [0.25, 0.3) is 0 Å². The Morgan fingerprint density at radius 1 is 1.17 bits per heavy atom. The number of aliphatic hydroxyl groups is 1. The van der Waals surface area contributed by atoms with E-state index >= 15 is 0 Å². The van der Waals surface area contributed by atoms with Crippen molar-refractivity contribution < 1.29 is 27.4 Å². The molecule has 0 spiro atoms. The molecule has 0 amide bonds. The Hall–Kier alpha value is -2.03. The molecule has 1 aliphatic heterocycles. The van der Waals surface area contributed by atoms with Gasteiger partial charge in [-0.1, -0.05) is 0 Å². The third-order valence-corrected chi connectivity index (χ3v) is 4.80. The van der Waals surface area contributed by atoms with Gasteiger partial charge in [-0.3, -0.25) is 0 Å². The van der Waals surface area contributed by atoms with Gasteiger partial charge in [0, 0.05) is 12.6 Å². The van der Waals surface area contributed by atoms with Crippen molar-refractivity contribution in [3.05, 3.63) is 41.9 Å². The van der Waals surface area contributed by atoms with Crippen LogP contribution in [0.15, 0.2) is 39.6 Å². The van der Waals surface area contributed by atoms with Crippen LogP contribution in [0.3, 0.4) is 0 Å². The highest BCUT2D eigenvalue weighted by Crippen LogP contribution is 2.32. The van der Waals surface area contributed by atoms with Crippen molar-refractivity contribution in [3.63, 3.8) is 0 Å². The van der Waals surface area contributed by atoms with Crippen LogP contribution in [-0.4, -0.2) is 33.3 Å². The summed E-state index contributed by atoms with van der Waals surface area (Å²) < 4.78 is 43.0. The minimum absolute atomic E-state index is 0.0459.